The number of nitrogens with zero attached hydrogens (tertiary/aromatic N) is 2. The number of nitriles is 1. The zero-order chi connectivity index (χ0) is 15.1. The van der Waals surface area contributed by atoms with Crippen molar-refractivity contribution in [3.05, 3.63) is 57.8 Å². The van der Waals surface area contributed by atoms with Gasteiger partial charge in [-0.1, -0.05) is 18.2 Å². The summed E-state index contributed by atoms with van der Waals surface area (Å²) in [4.78, 5) is 5.51. The largest absolute Gasteiger partial charge is 0.352 e. The highest BCUT2D eigenvalue weighted by molar-refractivity contribution is 14.0. The van der Waals surface area contributed by atoms with E-state index < -0.39 is 0 Å². The number of rotatable bonds is 4. The van der Waals surface area contributed by atoms with Gasteiger partial charge in [0, 0.05) is 18.5 Å². The molecule has 0 fully saturated rings. The van der Waals surface area contributed by atoms with Gasteiger partial charge in [-0.15, -0.1) is 35.3 Å². The summed E-state index contributed by atoms with van der Waals surface area (Å²) in [5.74, 6) is 0.764. The number of thiophene rings is 1. The average Bonchev–Trinajstić information content (AvgIpc) is 3.06. The minimum atomic E-state index is 0. The van der Waals surface area contributed by atoms with E-state index >= 15 is 0 Å². The molecule has 0 aliphatic heterocycles. The number of nitrogens with one attached hydrogen (secondary N) is 2. The van der Waals surface area contributed by atoms with E-state index in [9.17, 15) is 0 Å². The van der Waals surface area contributed by atoms with Crippen molar-refractivity contribution < 1.29 is 0 Å². The van der Waals surface area contributed by atoms with Crippen LogP contribution >= 0.6 is 35.3 Å². The first kappa shape index (κ1) is 18.5. The van der Waals surface area contributed by atoms with Crippen LogP contribution in [0.4, 0.5) is 0 Å². The van der Waals surface area contributed by atoms with E-state index in [1.165, 1.54) is 4.88 Å². The van der Waals surface area contributed by atoms with E-state index in [0.717, 1.165) is 11.5 Å². The van der Waals surface area contributed by atoms with Gasteiger partial charge < -0.3 is 10.6 Å². The second kappa shape index (κ2) is 9.43. The van der Waals surface area contributed by atoms with Gasteiger partial charge in [0.15, 0.2) is 5.96 Å². The lowest BCUT2D eigenvalue weighted by atomic mass is 10.1. The maximum Gasteiger partial charge on any atom is 0.191 e. The predicted octanol–water partition coefficient (Wildman–Crippen LogP) is 3.66. The molecule has 22 heavy (non-hydrogen) atoms. The minimum absolute atomic E-state index is 0. The molecule has 116 valence electrons. The van der Waals surface area contributed by atoms with Gasteiger partial charge in [0.1, 0.15) is 0 Å². The zero-order valence-electron chi connectivity index (χ0n) is 12.5. The summed E-state index contributed by atoms with van der Waals surface area (Å²) in [6.07, 6.45) is 0. The molecule has 1 heterocycles. The Labute approximate surface area is 152 Å². The molecule has 2 N–H and O–H groups in total. The summed E-state index contributed by atoms with van der Waals surface area (Å²) in [6.45, 7) is 2.78. The van der Waals surface area contributed by atoms with E-state index in [4.69, 9.17) is 5.26 Å². The number of hydrogen-bond donors (Lipinski definition) is 2. The van der Waals surface area contributed by atoms with E-state index in [-0.39, 0.29) is 30.0 Å². The van der Waals surface area contributed by atoms with Gasteiger partial charge in [0.25, 0.3) is 0 Å². The van der Waals surface area contributed by atoms with Crippen LogP contribution in [0.15, 0.2) is 46.8 Å². The van der Waals surface area contributed by atoms with Crippen molar-refractivity contribution in [2.24, 2.45) is 4.99 Å². The van der Waals surface area contributed by atoms with Crippen LogP contribution < -0.4 is 10.6 Å². The molecule has 0 aliphatic rings. The fraction of sp³-hybridized carbons (Fsp3) is 0.250. The summed E-state index contributed by atoms with van der Waals surface area (Å²) in [6, 6.07) is 14.0. The Bertz CT molecular complexity index is 629. The van der Waals surface area contributed by atoms with Crippen LogP contribution in [0.1, 0.15) is 29.0 Å². The highest BCUT2D eigenvalue weighted by Crippen LogP contribution is 2.17. The standard InChI is InChI=1S/C16H18N4S.HI/c1-12(15-4-3-9-21-15)20-16(18-2)19-11-14-7-5-13(10-17)6-8-14;/h3-9,12H,11H2,1-2H3,(H2,18,19,20);1H. The number of benzene rings is 1. The Hall–Kier alpha value is -1.59. The Morgan fingerprint density at radius 3 is 2.59 bits per heavy atom. The Morgan fingerprint density at radius 2 is 2.05 bits per heavy atom. The van der Waals surface area contributed by atoms with E-state index in [1.54, 1.807) is 18.4 Å². The van der Waals surface area contributed by atoms with Gasteiger partial charge in [0.05, 0.1) is 17.7 Å². The molecule has 6 heteroatoms. The summed E-state index contributed by atoms with van der Waals surface area (Å²) >= 11 is 1.73. The molecule has 2 aromatic rings. The molecule has 0 bridgehead atoms. The van der Waals surface area contributed by atoms with Crippen LogP contribution in [0.3, 0.4) is 0 Å². The zero-order valence-corrected chi connectivity index (χ0v) is 15.7. The van der Waals surface area contributed by atoms with Crippen molar-refractivity contribution in [3.63, 3.8) is 0 Å². The van der Waals surface area contributed by atoms with Crippen molar-refractivity contribution in [2.45, 2.75) is 19.5 Å². The van der Waals surface area contributed by atoms with Crippen LogP contribution in [0.5, 0.6) is 0 Å². The summed E-state index contributed by atoms with van der Waals surface area (Å²) in [7, 11) is 1.76. The molecule has 0 radical (unpaired) electrons. The normalized spacial score (nSPS) is 12.0. The first-order chi connectivity index (χ1) is 10.2. The van der Waals surface area contributed by atoms with E-state index in [0.29, 0.717) is 12.1 Å². The predicted molar refractivity (Wildman–Crippen MR) is 103 cm³/mol. The van der Waals surface area contributed by atoms with E-state index in [2.05, 4.69) is 40.1 Å². The molecule has 2 rings (SSSR count). The Balaban J connectivity index is 0.00000242. The smallest absolute Gasteiger partial charge is 0.191 e. The highest BCUT2D eigenvalue weighted by Gasteiger charge is 2.08. The third kappa shape index (κ3) is 5.31. The fourth-order valence-corrected chi connectivity index (χ4v) is 2.63. The Morgan fingerprint density at radius 1 is 1.32 bits per heavy atom. The van der Waals surface area contributed by atoms with Crippen LogP contribution in [0, 0.1) is 11.3 Å². The number of halogens is 1. The van der Waals surface area contributed by atoms with Crippen LogP contribution in [0.2, 0.25) is 0 Å². The summed E-state index contributed by atoms with van der Waals surface area (Å²) in [5.41, 5.74) is 1.79. The second-order valence-electron chi connectivity index (χ2n) is 4.62. The molecule has 0 saturated heterocycles. The topological polar surface area (TPSA) is 60.2 Å². The van der Waals surface area contributed by atoms with Crippen molar-refractivity contribution in [1.82, 2.24) is 10.6 Å². The second-order valence-corrected chi connectivity index (χ2v) is 5.60. The van der Waals surface area contributed by atoms with Gasteiger partial charge in [-0.3, -0.25) is 4.99 Å². The first-order valence-corrected chi connectivity index (χ1v) is 7.60. The molecule has 0 amide bonds. The van der Waals surface area contributed by atoms with Crippen molar-refractivity contribution in [2.75, 3.05) is 7.05 Å². The first-order valence-electron chi connectivity index (χ1n) is 6.72. The number of hydrogen-bond acceptors (Lipinski definition) is 3. The number of aliphatic imine (C=N–C) groups is 1. The van der Waals surface area contributed by atoms with Crippen LogP contribution in [-0.4, -0.2) is 13.0 Å². The summed E-state index contributed by atoms with van der Waals surface area (Å²) in [5, 5.41) is 17.5. The third-order valence-corrected chi connectivity index (χ3v) is 4.14. The molecule has 1 aromatic carbocycles. The summed E-state index contributed by atoms with van der Waals surface area (Å²) < 4.78 is 0. The average molecular weight is 426 g/mol. The molecule has 0 spiro atoms. The lowest BCUT2D eigenvalue weighted by Gasteiger charge is -2.17. The van der Waals surface area contributed by atoms with Gasteiger partial charge in [-0.25, -0.2) is 0 Å². The van der Waals surface area contributed by atoms with Crippen molar-refractivity contribution >= 4 is 41.3 Å². The molecule has 1 atom stereocenters. The molecule has 1 aromatic heterocycles. The molecular formula is C16H19IN4S. The highest BCUT2D eigenvalue weighted by atomic mass is 127. The minimum Gasteiger partial charge on any atom is -0.352 e. The van der Waals surface area contributed by atoms with Gasteiger partial charge >= 0.3 is 0 Å². The maximum absolute atomic E-state index is 8.78. The fourth-order valence-electron chi connectivity index (χ4n) is 1.89. The third-order valence-electron chi connectivity index (χ3n) is 3.09. The van der Waals surface area contributed by atoms with Crippen molar-refractivity contribution in [1.29, 1.82) is 5.26 Å². The van der Waals surface area contributed by atoms with Gasteiger partial charge in [0.2, 0.25) is 0 Å². The molecule has 0 saturated carbocycles. The quantitative estimate of drug-likeness (QED) is 0.446. The van der Waals surface area contributed by atoms with Crippen molar-refractivity contribution in [3.8, 4) is 6.07 Å². The Kier molecular flexibility index (Phi) is 7.91. The number of guanidine groups is 1. The SMILES string of the molecule is CN=C(NCc1ccc(C#N)cc1)NC(C)c1cccs1.I. The van der Waals surface area contributed by atoms with E-state index in [1.807, 2.05) is 30.3 Å². The lowest BCUT2D eigenvalue weighted by Crippen LogP contribution is -2.38. The molecule has 0 aliphatic carbocycles. The monoisotopic (exact) mass is 426 g/mol. The maximum atomic E-state index is 8.78. The van der Waals surface area contributed by atoms with Crippen LogP contribution in [0.25, 0.3) is 0 Å². The molecule has 4 nitrogen and oxygen atoms in total. The van der Waals surface area contributed by atoms with Gasteiger partial charge in [-0.2, -0.15) is 5.26 Å². The van der Waals surface area contributed by atoms with Crippen LogP contribution in [-0.2, 0) is 6.54 Å². The molecule has 1 unspecified atom stereocenters. The molecular weight excluding hydrogens is 407 g/mol. The van der Waals surface area contributed by atoms with Gasteiger partial charge in [-0.05, 0) is 36.1 Å². The lowest BCUT2D eigenvalue weighted by molar-refractivity contribution is 0.696.